The monoisotopic (exact) mass is 410 g/mol. The Balaban J connectivity index is 2.54. The van der Waals surface area contributed by atoms with Crippen molar-refractivity contribution in [1.29, 1.82) is 0 Å². The zero-order valence-electron chi connectivity index (χ0n) is 7.03. The van der Waals surface area contributed by atoms with Crippen LogP contribution in [0.5, 0.6) is 0 Å². The molecule has 0 radical (unpaired) electrons. The maximum atomic E-state index is 11.0. The van der Waals surface area contributed by atoms with Gasteiger partial charge < -0.3 is 0 Å². The summed E-state index contributed by atoms with van der Waals surface area (Å²) in [4.78, 5) is 0.285. The van der Waals surface area contributed by atoms with Gasteiger partial charge in [-0.15, -0.1) is 0 Å². The van der Waals surface area contributed by atoms with Crippen molar-refractivity contribution in [2.75, 3.05) is 0 Å². The first kappa shape index (κ1) is 10.1. The number of fused-ring (bicyclic) bond motifs is 1. The van der Waals surface area contributed by atoms with Crippen molar-refractivity contribution in [1.82, 2.24) is 0 Å². The molecule has 0 atom stereocenters. The average Bonchev–Trinajstić information content (AvgIpc) is 2.47. The predicted molar refractivity (Wildman–Crippen MR) is 46.0 cm³/mol. The minimum absolute atomic E-state index is 0.285. The van der Waals surface area contributed by atoms with Crippen molar-refractivity contribution in [3.63, 3.8) is 0 Å². The molecule has 0 fully saturated rings. The zero-order chi connectivity index (χ0) is 9.47. The van der Waals surface area contributed by atoms with E-state index in [9.17, 15) is 8.42 Å². The summed E-state index contributed by atoms with van der Waals surface area (Å²) in [6.07, 6.45) is 1.15. The first-order chi connectivity index (χ1) is 6.07. The second kappa shape index (κ2) is 3.62. The van der Waals surface area contributed by atoms with Crippen LogP contribution in [0, 0.1) is 39.7 Å². The fourth-order valence-corrected chi connectivity index (χ4v) is 9.03. The molecule has 1 aliphatic rings. The molecule has 67 valence electrons. The Kier molecular flexibility index (Phi) is 2.81. The number of benzene rings is 1. The number of nitrogens with two attached hydrogens (primary N) is 1. The first-order valence-corrected chi connectivity index (χ1v) is 11.3. The second-order valence-electron chi connectivity index (χ2n) is 3.15. The van der Waals surface area contributed by atoms with Crippen molar-refractivity contribution >= 4 is 10.8 Å². The number of sulfonamides is 1. The van der Waals surface area contributed by atoms with Crippen molar-refractivity contribution in [2.45, 2.75) is 12.9 Å². The van der Waals surface area contributed by atoms with E-state index in [0.29, 0.717) is 0 Å². The number of hydrogen-bond donors (Lipinski definition) is 1. The van der Waals surface area contributed by atoms with Crippen LogP contribution in [0.15, 0.2) is 23.1 Å². The molecule has 2 N–H and O–H groups in total. The summed E-state index contributed by atoms with van der Waals surface area (Å²) in [5.74, 6) is 0. The van der Waals surface area contributed by atoms with Gasteiger partial charge in [0, 0.05) is 0 Å². The van der Waals surface area contributed by atoms with Gasteiger partial charge in [-0.3, -0.25) is 0 Å². The number of primary sulfonamides is 1. The molecular formula is C8H9AcNO2S. The molecule has 13 heavy (non-hydrogen) atoms. The molecule has 0 aromatic heterocycles. The summed E-state index contributed by atoms with van der Waals surface area (Å²) < 4.78 is 24.8. The van der Waals surface area contributed by atoms with Crippen LogP contribution in [-0.2, 0) is 16.4 Å². The third kappa shape index (κ3) is 2.15. The van der Waals surface area contributed by atoms with Gasteiger partial charge in [-0.1, -0.05) is 0 Å². The first-order valence-electron chi connectivity index (χ1n) is 4.06. The summed E-state index contributed by atoms with van der Waals surface area (Å²) in [7, 11) is -3.49. The summed E-state index contributed by atoms with van der Waals surface area (Å²) in [6, 6.07) is 5.33. The molecule has 1 aromatic carbocycles. The van der Waals surface area contributed by atoms with Gasteiger partial charge in [-0.05, 0) is 0 Å². The molecule has 0 unspecified atom stereocenters. The second-order valence-corrected chi connectivity index (χ2v) is 11.3. The summed E-state index contributed by atoms with van der Waals surface area (Å²) in [5, 5.41) is 5.05. The van der Waals surface area contributed by atoms with Crippen molar-refractivity contribution in [3.8, 4) is 0 Å². The van der Waals surface area contributed by atoms with Gasteiger partial charge in [0.25, 0.3) is 0 Å². The SMILES string of the molecule is NS(=O)(=O)c1ccc2[c](c1)[Ac][CH2]C2. The topological polar surface area (TPSA) is 60.2 Å². The fraction of sp³-hybridized carbons (Fsp3) is 0.250. The Hall–Kier alpha value is 0.572. The average molecular weight is 410 g/mol. The summed E-state index contributed by atoms with van der Waals surface area (Å²) >= 11 is -0.891. The van der Waals surface area contributed by atoms with Crippen LogP contribution in [0.3, 0.4) is 0 Å². The normalized spacial score (nSPS) is 14.5. The van der Waals surface area contributed by atoms with E-state index in [2.05, 4.69) is 0 Å². The van der Waals surface area contributed by atoms with Gasteiger partial charge in [0.05, 0.1) is 0 Å². The molecule has 2 rings (SSSR count). The molecular weight excluding hydrogens is 401 g/mol. The van der Waals surface area contributed by atoms with Crippen molar-refractivity contribution in [2.24, 2.45) is 5.14 Å². The quantitative estimate of drug-likeness (QED) is 0.710. The van der Waals surface area contributed by atoms with Crippen LogP contribution < -0.4 is 5.88 Å². The van der Waals surface area contributed by atoms with Crippen molar-refractivity contribution < 1.29 is 48.1 Å². The van der Waals surface area contributed by atoms with E-state index in [0.717, 1.165) is 6.42 Å². The number of rotatable bonds is 1. The molecule has 0 amide bonds. The van der Waals surface area contributed by atoms with E-state index in [1.807, 2.05) is 6.07 Å². The molecule has 0 aliphatic carbocycles. The maximum absolute atomic E-state index is 11.0. The predicted octanol–water partition coefficient (Wildman–Crippen LogP) is 0.0187. The molecule has 0 spiro atoms. The molecule has 1 heterocycles. The summed E-state index contributed by atoms with van der Waals surface area (Å²) in [5.41, 5.74) is 1.35. The molecule has 0 saturated carbocycles. The number of hydrogen-bond acceptors (Lipinski definition) is 2. The van der Waals surface area contributed by atoms with Gasteiger partial charge in [0.2, 0.25) is 0 Å². The molecule has 0 saturated heterocycles. The Bertz CT molecular complexity index is 441. The van der Waals surface area contributed by atoms with E-state index in [1.54, 1.807) is 12.1 Å². The molecule has 1 aliphatic heterocycles. The van der Waals surface area contributed by atoms with Crippen LogP contribution in [-0.4, -0.2) is 8.42 Å². The molecule has 1 aromatic rings. The Morgan fingerprint density at radius 2 is 2.15 bits per heavy atom. The van der Waals surface area contributed by atoms with Gasteiger partial charge in [0.15, 0.2) is 0 Å². The molecule has 3 nitrogen and oxygen atoms in total. The van der Waals surface area contributed by atoms with Crippen molar-refractivity contribution in [3.05, 3.63) is 23.8 Å². The number of aryl methyl sites for hydroxylation is 1. The Labute approximate surface area is 99.3 Å². The van der Waals surface area contributed by atoms with Crippen LogP contribution in [0.1, 0.15) is 5.56 Å². The standard InChI is InChI=1S/C8H9NO2S.Ac/c1-2-7-3-5-8(6-4-7)12(9,10)11;/h3,5-6H,1-2H2,(H2,9,10,11);. The Morgan fingerprint density at radius 3 is 2.85 bits per heavy atom. The van der Waals surface area contributed by atoms with Crippen LogP contribution >= 0.6 is 0 Å². The fourth-order valence-electron chi connectivity index (χ4n) is 1.55. The Morgan fingerprint density at radius 1 is 1.38 bits per heavy atom. The van der Waals surface area contributed by atoms with Crippen LogP contribution in [0.4, 0.5) is 0 Å². The summed E-state index contributed by atoms with van der Waals surface area (Å²) in [6.45, 7) is 0. The van der Waals surface area contributed by atoms with E-state index >= 15 is 0 Å². The molecule has 0 bridgehead atoms. The van der Waals surface area contributed by atoms with Crippen LogP contribution in [0.25, 0.3) is 0 Å². The molecule has 5 heteroatoms. The third-order valence-corrected chi connectivity index (χ3v) is 9.52. The van der Waals surface area contributed by atoms with E-state index in [1.165, 1.54) is 7.91 Å². The van der Waals surface area contributed by atoms with E-state index in [-0.39, 0.29) is 4.90 Å². The van der Waals surface area contributed by atoms with Gasteiger partial charge in [0.1, 0.15) is 0 Å². The van der Waals surface area contributed by atoms with E-state index < -0.39 is 49.7 Å². The van der Waals surface area contributed by atoms with Crippen LogP contribution in [0.2, 0.25) is 1.60 Å². The zero-order valence-corrected chi connectivity index (χ0v) is 12.6. The van der Waals surface area contributed by atoms with Gasteiger partial charge in [-0.2, -0.15) is 0 Å². The third-order valence-electron chi connectivity index (χ3n) is 2.22. The minimum atomic E-state index is -3.49. The van der Waals surface area contributed by atoms with Gasteiger partial charge in [-0.25, -0.2) is 0 Å². The van der Waals surface area contributed by atoms with Gasteiger partial charge >= 0.3 is 101 Å². The van der Waals surface area contributed by atoms with E-state index in [4.69, 9.17) is 5.14 Å².